The van der Waals surface area contributed by atoms with Gasteiger partial charge in [0.15, 0.2) is 0 Å². The van der Waals surface area contributed by atoms with Gasteiger partial charge >= 0.3 is 0 Å². The molecule has 0 saturated heterocycles. The van der Waals surface area contributed by atoms with Crippen LogP contribution in [0.15, 0.2) is 54.6 Å². The van der Waals surface area contributed by atoms with E-state index in [0.717, 1.165) is 11.3 Å². The maximum atomic E-state index is 12.6. The van der Waals surface area contributed by atoms with Gasteiger partial charge in [0.25, 0.3) is 0 Å². The Labute approximate surface area is 171 Å². The first-order chi connectivity index (χ1) is 12.8. The van der Waals surface area contributed by atoms with Gasteiger partial charge in [0.1, 0.15) is 0 Å². The van der Waals surface area contributed by atoms with Crippen molar-refractivity contribution in [3.05, 3.63) is 71.3 Å². The lowest BCUT2D eigenvalue weighted by atomic mass is 10.0. The third kappa shape index (κ3) is 6.91. The number of carbonyl (C=O) groups excluding carboxylic acids is 1. The normalized spacial score (nSPS) is 12.6. The molecule has 2 rings (SSSR count). The molecule has 0 aliphatic carbocycles. The van der Waals surface area contributed by atoms with E-state index < -0.39 is 0 Å². The Hall–Kier alpha value is -1.43. The molecule has 1 amide bonds. The molecule has 0 bridgehead atoms. The number of benzene rings is 2. The lowest BCUT2D eigenvalue weighted by molar-refractivity contribution is -0.132. The molecule has 0 fully saturated rings. The first-order valence-electron chi connectivity index (χ1n) is 9.23. The van der Waals surface area contributed by atoms with Crippen LogP contribution in [0, 0.1) is 0 Å². The van der Waals surface area contributed by atoms with Crippen LogP contribution >= 0.6 is 21.6 Å². The standard InChI is InChI=1S/C22H30N2OS2/c1-17(18-10-6-5-7-11-18)24(21(25)14-23)15-19-12-8-9-13-20(19)16-26-27-22(2,3)4/h5-13,17H,14-16,23H2,1-4H3. The topological polar surface area (TPSA) is 46.3 Å². The maximum absolute atomic E-state index is 12.6. The molecule has 2 aromatic carbocycles. The van der Waals surface area contributed by atoms with E-state index in [-0.39, 0.29) is 23.2 Å². The van der Waals surface area contributed by atoms with E-state index in [9.17, 15) is 4.79 Å². The van der Waals surface area contributed by atoms with Gasteiger partial charge in [0.2, 0.25) is 5.91 Å². The minimum absolute atomic E-state index is 0.0214. The molecule has 0 aliphatic heterocycles. The quantitative estimate of drug-likeness (QED) is 0.599. The molecule has 0 saturated carbocycles. The SMILES string of the molecule is CC(c1ccccc1)N(Cc1ccccc1CSSC(C)(C)C)C(=O)CN. The number of carbonyl (C=O) groups is 1. The molecule has 1 atom stereocenters. The van der Waals surface area contributed by atoms with Gasteiger partial charge in [0, 0.05) is 17.0 Å². The van der Waals surface area contributed by atoms with Crippen LogP contribution in [-0.4, -0.2) is 22.1 Å². The molecule has 2 aromatic rings. The van der Waals surface area contributed by atoms with Crippen molar-refractivity contribution in [2.45, 2.75) is 50.8 Å². The van der Waals surface area contributed by atoms with E-state index in [2.05, 4.69) is 58.0 Å². The summed E-state index contributed by atoms with van der Waals surface area (Å²) in [6.07, 6.45) is 0. The van der Waals surface area contributed by atoms with E-state index in [1.54, 1.807) is 0 Å². The molecule has 0 aliphatic rings. The second-order valence-electron chi connectivity index (χ2n) is 7.54. The van der Waals surface area contributed by atoms with Crippen molar-refractivity contribution in [3.63, 3.8) is 0 Å². The summed E-state index contributed by atoms with van der Waals surface area (Å²) in [4.78, 5) is 14.5. The number of hydrogen-bond acceptors (Lipinski definition) is 4. The number of rotatable bonds is 8. The predicted molar refractivity (Wildman–Crippen MR) is 120 cm³/mol. The largest absolute Gasteiger partial charge is 0.331 e. The summed E-state index contributed by atoms with van der Waals surface area (Å²) in [7, 11) is 3.75. The van der Waals surface area contributed by atoms with Crippen LogP contribution in [0.1, 0.15) is 50.4 Å². The average Bonchev–Trinajstić information content (AvgIpc) is 2.65. The fraction of sp³-hybridized carbons (Fsp3) is 0.409. The van der Waals surface area contributed by atoms with Crippen LogP contribution in [-0.2, 0) is 17.1 Å². The van der Waals surface area contributed by atoms with Crippen molar-refractivity contribution in [3.8, 4) is 0 Å². The third-order valence-electron chi connectivity index (χ3n) is 4.23. The minimum Gasteiger partial charge on any atom is -0.331 e. The van der Waals surface area contributed by atoms with Crippen molar-refractivity contribution in [1.29, 1.82) is 0 Å². The number of nitrogens with zero attached hydrogens (tertiary/aromatic N) is 1. The van der Waals surface area contributed by atoms with Gasteiger partial charge < -0.3 is 10.6 Å². The molecule has 146 valence electrons. The van der Waals surface area contributed by atoms with Gasteiger partial charge in [-0.05, 0) is 23.6 Å². The van der Waals surface area contributed by atoms with E-state index in [0.29, 0.717) is 6.54 Å². The molecule has 3 nitrogen and oxygen atoms in total. The predicted octanol–water partition coefficient (Wildman–Crippen LogP) is 5.42. The molecule has 0 spiro atoms. The fourth-order valence-corrected chi connectivity index (χ4v) is 5.22. The van der Waals surface area contributed by atoms with Gasteiger partial charge in [0.05, 0.1) is 12.6 Å². The van der Waals surface area contributed by atoms with Crippen molar-refractivity contribution in [2.24, 2.45) is 5.73 Å². The van der Waals surface area contributed by atoms with E-state index in [1.165, 1.54) is 11.1 Å². The van der Waals surface area contributed by atoms with Crippen LogP contribution < -0.4 is 5.73 Å². The maximum Gasteiger partial charge on any atom is 0.237 e. The van der Waals surface area contributed by atoms with Gasteiger partial charge in [-0.1, -0.05) is 97.0 Å². The lowest BCUT2D eigenvalue weighted by Crippen LogP contribution is -2.37. The van der Waals surface area contributed by atoms with Crippen molar-refractivity contribution in [2.75, 3.05) is 6.54 Å². The summed E-state index contributed by atoms with van der Waals surface area (Å²) in [6.45, 7) is 9.33. The Balaban J connectivity index is 2.19. The monoisotopic (exact) mass is 402 g/mol. The molecular weight excluding hydrogens is 372 g/mol. The van der Waals surface area contributed by atoms with Gasteiger partial charge in [-0.3, -0.25) is 4.79 Å². The van der Waals surface area contributed by atoms with Crippen LogP contribution in [0.2, 0.25) is 0 Å². The summed E-state index contributed by atoms with van der Waals surface area (Å²) in [5, 5.41) is 0. The average molecular weight is 403 g/mol. The first kappa shape index (κ1) is 21.9. The molecule has 0 radical (unpaired) electrons. The molecular formula is C22H30N2OS2. The molecule has 2 N–H and O–H groups in total. The minimum atomic E-state index is -0.0297. The molecule has 0 heterocycles. The van der Waals surface area contributed by atoms with E-state index in [1.807, 2.05) is 50.8 Å². The first-order valence-corrected chi connectivity index (χ1v) is 11.6. The second kappa shape index (κ2) is 10.2. The Morgan fingerprint density at radius 3 is 2.22 bits per heavy atom. The smallest absolute Gasteiger partial charge is 0.237 e. The number of nitrogens with two attached hydrogens (primary N) is 1. The number of hydrogen-bond donors (Lipinski definition) is 1. The van der Waals surface area contributed by atoms with E-state index >= 15 is 0 Å². The van der Waals surface area contributed by atoms with Crippen molar-refractivity contribution in [1.82, 2.24) is 4.90 Å². The highest BCUT2D eigenvalue weighted by atomic mass is 33.1. The third-order valence-corrected chi connectivity index (χ3v) is 7.48. The van der Waals surface area contributed by atoms with Crippen LogP contribution in [0.5, 0.6) is 0 Å². The van der Waals surface area contributed by atoms with Crippen LogP contribution in [0.4, 0.5) is 0 Å². The Morgan fingerprint density at radius 2 is 1.63 bits per heavy atom. The summed E-state index contributed by atoms with van der Waals surface area (Å²) in [6, 6.07) is 18.5. The van der Waals surface area contributed by atoms with Gasteiger partial charge in [-0.25, -0.2) is 0 Å². The molecule has 1 unspecified atom stereocenters. The second-order valence-corrected chi connectivity index (χ2v) is 10.7. The van der Waals surface area contributed by atoms with E-state index in [4.69, 9.17) is 5.73 Å². The number of amides is 1. The summed E-state index contributed by atoms with van der Waals surface area (Å²) in [5.41, 5.74) is 9.29. The summed E-state index contributed by atoms with van der Waals surface area (Å²) in [5.74, 6) is 0.889. The Kier molecular flexibility index (Phi) is 8.27. The Morgan fingerprint density at radius 1 is 1.04 bits per heavy atom. The lowest BCUT2D eigenvalue weighted by Gasteiger charge is -2.30. The molecule has 27 heavy (non-hydrogen) atoms. The van der Waals surface area contributed by atoms with Crippen molar-refractivity contribution < 1.29 is 4.79 Å². The summed E-state index contributed by atoms with van der Waals surface area (Å²) >= 11 is 0. The highest BCUT2D eigenvalue weighted by molar-refractivity contribution is 8.76. The van der Waals surface area contributed by atoms with Gasteiger partial charge in [-0.2, -0.15) is 0 Å². The van der Waals surface area contributed by atoms with Gasteiger partial charge in [-0.15, -0.1) is 0 Å². The highest BCUT2D eigenvalue weighted by Gasteiger charge is 2.22. The van der Waals surface area contributed by atoms with Crippen molar-refractivity contribution >= 4 is 27.5 Å². The zero-order valence-electron chi connectivity index (χ0n) is 16.6. The van der Waals surface area contributed by atoms with Crippen LogP contribution in [0.3, 0.4) is 0 Å². The highest BCUT2D eigenvalue weighted by Crippen LogP contribution is 2.37. The zero-order chi connectivity index (χ0) is 19.9. The Bertz CT molecular complexity index is 729. The molecule has 0 aromatic heterocycles. The zero-order valence-corrected chi connectivity index (χ0v) is 18.3. The summed E-state index contributed by atoms with van der Waals surface area (Å²) < 4.78 is 0.225. The fourth-order valence-electron chi connectivity index (χ4n) is 2.78. The molecule has 5 heteroatoms. The van der Waals surface area contributed by atoms with Crippen LogP contribution in [0.25, 0.3) is 0 Å².